The van der Waals surface area contributed by atoms with Crippen molar-refractivity contribution in [1.82, 2.24) is 4.98 Å². The Labute approximate surface area is 90.8 Å². The molecule has 0 fully saturated rings. The van der Waals surface area contributed by atoms with E-state index >= 15 is 0 Å². The molecule has 0 saturated heterocycles. The molecule has 1 N–H and O–H groups in total. The van der Waals surface area contributed by atoms with Gasteiger partial charge in [-0.3, -0.25) is 4.98 Å². The Morgan fingerprint density at radius 2 is 2.33 bits per heavy atom. The van der Waals surface area contributed by atoms with E-state index < -0.39 is 0 Å². The zero-order valence-corrected chi connectivity index (χ0v) is 9.62. The lowest BCUT2D eigenvalue weighted by Crippen LogP contribution is -2.29. The van der Waals surface area contributed by atoms with Gasteiger partial charge in [0.05, 0.1) is 17.5 Å². The molecular weight excluding hydrogens is 188 g/mol. The van der Waals surface area contributed by atoms with Crippen molar-refractivity contribution in [1.29, 1.82) is 0 Å². The van der Waals surface area contributed by atoms with E-state index in [-0.39, 0.29) is 6.10 Å². The number of aliphatic hydroxyl groups is 1. The van der Waals surface area contributed by atoms with Crippen LogP contribution in [0.3, 0.4) is 0 Å². The second-order valence-electron chi connectivity index (χ2n) is 4.24. The molecule has 3 heteroatoms. The summed E-state index contributed by atoms with van der Waals surface area (Å²) in [6.07, 6.45) is 1.38. The summed E-state index contributed by atoms with van der Waals surface area (Å²) in [7, 11) is 2.07. The maximum Gasteiger partial charge on any atom is 0.0997 e. The zero-order chi connectivity index (χ0) is 11.0. The minimum atomic E-state index is -0.388. The first-order valence-electron chi connectivity index (χ1n) is 5.53. The van der Waals surface area contributed by atoms with E-state index in [9.17, 15) is 5.11 Å². The van der Waals surface area contributed by atoms with E-state index in [0.717, 1.165) is 36.5 Å². The molecule has 15 heavy (non-hydrogen) atoms. The van der Waals surface area contributed by atoms with Gasteiger partial charge in [-0.2, -0.15) is 0 Å². The van der Waals surface area contributed by atoms with E-state index in [0.29, 0.717) is 0 Å². The lowest BCUT2D eigenvalue weighted by molar-refractivity contribution is 0.160. The summed E-state index contributed by atoms with van der Waals surface area (Å²) in [5.41, 5.74) is 4.29. The number of fused-ring (bicyclic) bond motifs is 1. The van der Waals surface area contributed by atoms with Gasteiger partial charge in [-0.25, -0.2) is 0 Å². The molecular formula is C12H18N2O. The van der Waals surface area contributed by atoms with Crippen LogP contribution in [0.5, 0.6) is 0 Å². The van der Waals surface area contributed by atoms with Crippen LogP contribution in [0.4, 0.5) is 5.69 Å². The number of aliphatic hydroxyl groups excluding tert-OH is 1. The molecule has 0 aromatic carbocycles. The third-order valence-corrected chi connectivity index (χ3v) is 3.04. The van der Waals surface area contributed by atoms with Crippen LogP contribution in [-0.4, -0.2) is 23.7 Å². The summed E-state index contributed by atoms with van der Waals surface area (Å²) < 4.78 is 0. The number of rotatable bonds is 1. The minimum Gasteiger partial charge on any atom is -0.387 e. The second-order valence-corrected chi connectivity index (χ2v) is 4.24. The van der Waals surface area contributed by atoms with Crippen molar-refractivity contribution in [2.45, 2.75) is 32.8 Å². The normalized spacial score (nSPS) is 20.3. The molecule has 1 aromatic rings. The molecule has 0 radical (unpaired) electrons. The van der Waals surface area contributed by atoms with Crippen LogP contribution >= 0.6 is 0 Å². The van der Waals surface area contributed by atoms with Gasteiger partial charge in [-0.1, -0.05) is 6.92 Å². The fourth-order valence-electron chi connectivity index (χ4n) is 2.27. The zero-order valence-electron chi connectivity index (χ0n) is 9.62. The van der Waals surface area contributed by atoms with Crippen molar-refractivity contribution in [3.63, 3.8) is 0 Å². The van der Waals surface area contributed by atoms with Crippen molar-refractivity contribution in [2.24, 2.45) is 0 Å². The van der Waals surface area contributed by atoms with Gasteiger partial charge < -0.3 is 10.0 Å². The van der Waals surface area contributed by atoms with Gasteiger partial charge in [-0.05, 0) is 31.4 Å². The average Bonchev–Trinajstić information content (AvgIpc) is 2.22. The fraction of sp³-hybridized carbons (Fsp3) is 0.583. The van der Waals surface area contributed by atoms with E-state index in [2.05, 4.69) is 29.9 Å². The van der Waals surface area contributed by atoms with E-state index in [1.54, 1.807) is 0 Å². The smallest absolute Gasteiger partial charge is 0.0997 e. The summed E-state index contributed by atoms with van der Waals surface area (Å²) in [6, 6.07) is 2.12. The van der Waals surface area contributed by atoms with Crippen LogP contribution in [0.25, 0.3) is 0 Å². The van der Waals surface area contributed by atoms with Crippen LogP contribution < -0.4 is 4.90 Å². The van der Waals surface area contributed by atoms with Crippen LogP contribution in [0, 0.1) is 6.92 Å². The first kappa shape index (κ1) is 10.4. The Hall–Kier alpha value is -1.09. The quantitative estimate of drug-likeness (QED) is 0.761. The number of aromatic nitrogens is 1. The van der Waals surface area contributed by atoms with Crippen molar-refractivity contribution in [2.75, 3.05) is 18.5 Å². The number of pyridine rings is 1. The highest BCUT2D eigenvalue weighted by atomic mass is 16.3. The molecule has 3 nitrogen and oxygen atoms in total. The van der Waals surface area contributed by atoms with E-state index in [1.807, 2.05) is 6.92 Å². The van der Waals surface area contributed by atoms with Gasteiger partial charge in [0.25, 0.3) is 0 Å². The molecule has 1 aromatic heterocycles. The third-order valence-electron chi connectivity index (χ3n) is 3.04. The van der Waals surface area contributed by atoms with Crippen molar-refractivity contribution in [3.05, 3.63) is 23.0 Å². The van der Waals surface area contributed by atoms with Gasteiger partial charge in [-0.15, -0.1) is 0 Å². The highest BCUT2D eigenvalue weighted by Gasteiger charge is 2.25. The largest absolute Gasteiger partial charge is 0.387 e. The van der Waals surface area contributed by atoms with Gasteiger partial charge in [0, 0.05) is 19.3 Å². The van der Waals surface area contributed by atoms with Crippen molar-refractivity contribution in [3.8, 4) is 0 Å². The highest BCUT2D eigenvalue weighted by Crippen LogP contribution is 2.34. The number of hydrogen-bond acceptors (Lipinski definition) is 3. The molecule has 2 heterocycles. The summed E-state index contributed by atoms with van der Waals surface area (Å²) in [5.74, 6) is 0. The maximum atomic E-state index is 9.93. The monoisotopic (exact) mass is 206 g/mol. The first-order valence-corrected chi connectivity index (χ1v) is 5.53. The van der Waals surface area contributed by atoms with Gasteiger partial charge in [0.15, 0.2) is 0 Å². The lowest BCUT2D eigenvalue weighted by atomic mass is 9.99. The van der Waals surface area contributed by atoms with Crippen LogP contribution in [0.2, 0.25) is 0 Å². The second kappa shape index (κ2) is 3.81. The molecule has 0 saturated carbocycles. The number of aryl methyl sites for hydroxylation is 2. The third kappa shape index (κ3) is 1.72. The van der Waals surface area contributed by atoms with Gasteiger partial charge in [0.2, 0.25) is 0 Å². The Morgan fingerprint density at radius 3 is 3.00 bits per heavy atom. The molecule has 82 valence electrons. The Balaban J connectivity index is 2.60. The van der Waals surface area contributed by atoms with Crippen LogP contribution in [0.15, 0.2) is 6.07 Å². The SMILES string of the molecule is CCc1cc(C)nc2c1N(C)CCC2O. The Bertz CT molecular complexity index is 376. The maximum absolute atomic E-state index is 9.93. The summed E-state index contributed by atoms with van der Waals surface area (Å²) in [4.78, 5) is 6.66. The van der Waals surface area contributed by atoms with Gasteiger partial charge >= 0.3 is 0 Å². The van der Waals surface area contributed by atoms with Crippen LogP contribution in [0.1, 0.15) is 36.4 Å². The minimum absolute atomic E-state index is 0.388. The standard InChI is InChI=1S/C12H18N2O/c1-4-9-7-8(2)13-11-10(15)5-6-14(3)12(9)11/h7,10,15H,4-6H2,1-3H3. The number of nitrogens with zero attached hydrogens (tertiary/aromatic N) is 2. The first-order chi connectivity index (χ1) is 7.13. The topological polar surface area (TPSA) is 36.4 Å². The molecule has 0 amide bonds. The summed E-state index contributed by atoms with van der Waals surface area (Å²) >= 11 is 0. The molecule has 0 bridgehead atoms. The predicted molar refractivity (Wildman–Crippen MR) is 61.2 cm³/mol. The molecule has 0 aliphatic carbocycles. The number of anilines is 1. The highest BCUT2D eigenvalue weighted by molar-refractivity contribution is 5.59. The summed E-state index contributed by atoms with van der Waals surface area (Å²) in [5, 5.41) is 9.93. The van der Waals surface area contributed by atoms with Crippen LogP contribution in [-0.2, 0) is 6.42 Å². The molecule has 1 aliphatic rings. The van der Waals surface area contributed by atoms with Crippen molar-refractivity contribution >= 4 is 5.69 Å². The molecule has 1 aliphatic heterocycles. The molecule has 2 rings (SSSR count). The summed E-state index contributed by atoms with van der Waals surface area (Å²) in [6.45, 7) is 5.04. The molecule has 1 atom stereocenters. The Morgan fingerprint density at radius 1 is 1.60 bits per heavy atom. The number of hydrogen-bond donors (Lipinski definition) is 1. The van der Waals surface area contributed by atoms with E-state index in [1.165, 1.54) is 5.56 Å². The molecule has 1 unspecified atom stereocenters. The van der Waals surface area contributed by atoms with Crippen molar-refractivity contribution < 1.29 is 5.11 Å². The lowest BCUT2D eigenvalue weighted by Gasteiger charge is -2.32. The molecule has 0 spiro atoms. The predicted octanol–water partition coefficient (Wildman–Crippen LogP) is 1.83. The Kier molecular flexibility index (Phi) is 2.65. The van der Waals surface area contributed by atoms with Gasteiger partial charge in [0.1, 0.15) is 0 Å². The average molecular weight is 206 g/mol. The fourth-order valence-corrected chi connectivity index (χ4v) is 2.27. The van der Waals surface area contributed by atoms with E-state index in [4.69, 9.17) is 0 Å².